The van der Waals surface area contributed by atoms with Crippen molar-refractivity contribution in [3.63, 3.8) is 0 Å². The van der Waals surface area contributed by atoms with E-state index in [4.69, 9.17) is 4.74 Å². The molecule has 0 aliphatic carbocycles. The van der Waals surface area contributed by atoms with Crippen molar-refractivity contribution < 1.29 is 42.1 Å². The number of hydrogen-bond donors (Lipinski definition) is 2. The lowest BCUT2D eigenvalue weighted by atomic mass is 10.1. The molecule has 0 aromatic carbocycles. The third kappa shape index (κ3) is 7.93. The Morgan fingerprint density at radius 1 is 1.21 bits per heavy atom. The van der Waals surface area contributed by atoms with Gasteiger partial charge in [-0.15, -0.1) is 0 Å². The first-order valence-electron chi connectivity index (χ1n) is 11.5. The molecule has 1 unspecified atom stereocenters. The number of anilines is 2. The van der Waals surface area contributed by atoms with Gasteiger partial charge in [-0.3, -0.25) is 9.59 Å². The van der Waals surface area contributed by atoms with Gasteiger partial charge in [-0.25, -0.2) is 10.1 Å². The minimum atomic E-state index is -9.83. The normalized spacial score (nSPS) is 19.3. The number of aromatic nitrogens is 3. The second-order valence-electron chi connectivity index (χ2n) is 9.06. The lowest BCUT2D eigenvalue weighted by Crippen LogP contribution is -2.54. The van der Waals surface area contributed by atoms with Gasteiger partial charge in [0.2, 0.25) is 5.91 Å². The van der Waals surface area contributed by atoms with Gasteiger partial charge in [-0.2, -0.15) is 18.3 Å². The van der Waals surface area contributed by atoms with Crippen molar-refractivity contribution in [2.45, 2.75) is 43.4 Å². The van der Waals surface area contributed by atoms with Crippen LogP contribution in [-0.2, 0) is 15.7 Å². The summed E-state index contributed by atoms with van der Waals surface area (Å²) < 4.78 is 109. The van der Waals surface area contributed by atoms with Crippen LogP contribution < -0.4 is 15.8 Å². The summed E-state index contributed by atoms with van der Waals surface area (Å²) in [5, 5.41) is 7.60. The first-order chi connectivity index (χ1) is 17.8. The van der Waals surface area contributed by atoms with Gasteiger partial charge in [0, 0.05) is 31.7 Å². The Balaban J connectivity index is 1.46. The molecule has 0 bridgehead atoms. The number of halogens is 8. The Morgan fingerprint density at radius 2 is 1.90 bits per heavy atom. The van der Waals surface area contributed by atoms with E-state index in [0.29, 0.717) is 0 Å². The van der Waals surface area contributed by atoms with Crippen molar-refractivity contribution in [3.8, 4) is 0 Å². The Labute approximate surface area is 217 Å². The summed E-state index contributed by atoms with van der Waals surface area (Å²) in [6, 6.07) is 0.115. The molecular formula is C21H26F8N6O3S. The van der Waals surface area contributed by atoms with E-state index in [2.05, 4.69) is 15.4 Å². The standard InChI is InChI=1S/C21H26F8N6O3S/c1-13(32-16-10-31-33-20(37)19(16)21(22,23)24)12-38-8-5-18(36)34-6-7-35(14(2)11-34)17-4-3-15(9-30-17)39(25,26,27,28)29/h3-4,9-10,13-14H,5-8,11-12H2,1-2H3,(H2,32,33,37)/t13-,14?/m0/s1. The molecule has 1 saturated heterocycles. The summed E-state index contributed by atoms with van der Waals surface area (Å²) in [7, 11) is -9.83. The van der Waals surface area contributed by atoms with Gasteiger partial charge >= 0.3 is 16.4 Å². The number of carbonyl (C=O) groups is 1. The molecule has 0 saturated carbocycles. The van der Waals surface area contributed by atoms with Gasteiger partial charge in [0.15, 0.2) is 0 Å². The fourth-order valence-electron chi connectivity index (χ4n) is 3.97. The van der Waals surface area contributed by atoms with Crippen LogP contribution in [-0.4, -0.2) is 70.9 Å². The molecule has 2 aromatic rings. The highest BCUT2D eigenvalue weighted by Gasteiger charge is 2.65. The van der Waals surface area contributed by atoms with Gasteiger partial charge < -0.3 is 19.9 Å². The van der Waals surface area contributed by atoms with E-state index in [-0.39, 0.29) is 69.3 Å². The zero-order valence-corrected chi connectivity index (χ0v) is 21.5. The molecule has 1 aliphatic rings. The van der Waals surface area contributed by atoms with Crippen molar-refractivity contribution in [1.82, 2.24) is 20.1 Å². The number of nitrogens with one attached hydrogen (secondary N) is 2. The minimum Gasteiger partial charge on any atom is -0.379 e. The second-order valence-corrected chi connectivity index (χ2v) is 11.5. The van der Waals surface area contributed by atoms with Crippen LogP contribution in [0.4, 0.5) is 44.1 Å². The smallest absolute Gasteiger partial charge is 0.379 e. The number of hydrogen-bond acceptors (Lipinski definition) is 7. The monoisotopic (exact) mass is 594 g/mol. The van der Waals surface area contributed by atoms with Gasteiger partial charge in [-0.1, -0.05) is 19.4 Å². The quantitative estimate of drug-likeness (QED) is 0.318. The fraction of sp³-hybridized carbons (Fsp3) is 0.524. The number of rotatable bonds is 9. The van der Waals surface area contributed by atoms with Gasteiger partial charge in [0.1, 0.15) is 16.3 Å². The van der Waals surface area contributed by atoms with Crippen LogP contribution in [0.5, 0.6) is 0 Å². The first kappa shape index (κ1) is 30.4. The molecule has 0 spiro atoms. The third-order valence-electron chi connectivity index (χ3n) is 5.81. The molecule has 220 valence electrons. The minimum absolute atomic E-state index is 0.0450. The molecule has 1 aliphatic heterocycles. The zero-order chi connectivity index (χ0) is 29.3. The molecule has 0 radical (unpaired) electrons. The van der Waals surface area contributed by atoms with E-state index < -0.39 is 44.1 Å². The number of carbonyl (C=O) groups excluding carboxylic acids is 1. The SMILES string of the molecule is CC1CN(C(=O)CCOC[C@H](C)Nc2cn[nH]c(=O)c2C(F)(F)F)CCN1c1ccc(S(F)(F)(F)(F)F)cn1. The van der Waals surface area contributed by atoms with E-state index in [0.717, 1.165) is 12.3 Å². The largest absolute Gasteiger partial charge is 0.423 e. The number of amides is 1. The highest BCUT2D eigenvalue weighted by Crippen LogP contribution is 3.02. The van der Waals surface area contributed by atoms with Crippen LogP contribution >= 0.6 is 10.2 Å². The summed E-state index contributed by atoms with van der Waals surface area (Å²) in [5.41, 5.74) is -3.32. The molecule has 1 amide bonds. The Hall–Kier alpha value is -3.15. The molecule has 2 atom stereocenters. The van der Waals surface area contributed by atoms with Crippen molar-refractivity contribution in [3.05, 3.63) is 40.4 Å². The van der Waals surface area contributed by atoms with Crippen LogP contribution in [0.3, 0.4) is 0 Å². The number of ether oxygens (including phenoxy) is 1. The Kier molecular flexibility index (Phi) is 7.88. The lowest BCUT2D eigenvalue weighted by Gasteiger charge is -2.42. The molecule has 2 N–H and O–H groups in total. The van der Waals surface area contributed by atoms with Crippen LogP contribution in [0.25, 0.3) is 0 Å². The summed E-state index contributed by atoms with van der Waals surface area (Å²) in [6.07, 6.45) is -4.01. The van der Waals surface area contributed by atoms with Crippen LogP contribution in [0.1, 0.15) is 25.8 Å². The van der Waals surface area contributed by atoms with Gasteiger partial charge in [-0.05, 0) is 26.0 Å². The molecule has 3 heterocycles. The molecule has 39 heavy (non-hydrogen) atoms. The fourth-order valence-corrected chi connectivity index (χ4v) is 4.55. The summed E-state index contributed by atoms with van der Waals surface area (Å²) in [5.74, 6) is -0.223. The Bertz CT molecular complexity index is 1240. The number of pyridine rings is 1. The first-order valence-corrected chi connectivity index (χ1v) is 13.4. The maximum absolute atomic E-state index is 13.1. The molecule has 9 nitrogen and oxygen atoms in total. The average Bonchev–Trinajstić information content (AvgIpc) is 2.79. The van der Waals surface area contributed by atoms with E-state index in [9.17, 15) is 42.2 Å². The molecular weight excluding hydrogens is 568 g/mol. The van der Waals surface area contributed by atoms with Crippen molar-refractivity contribution in [2.75, 3.05) is 43.1 Å². The maximum atomic E-state index is 13.1. The van der Waals surface area contributed by atoms with E-state index >= 15 is 0 Å². The topological polar surface area (TPSA) is 103 Å². The van der Waals surface area contributed by atoms with E-state index in [1.54, 1.807) is 16.9 Å². The summed E-state index contributed by atoms with van der Waals surface area (Å²) in [4.78, 5) is 28.7. The molecule has 2 aromatic heterocycles. The zero-order valence-electron chi connectivity index (χ0n) is 20.7. The van der Waals surface area contributed by atoms with Gasteiger partial charge in [0.25, 0.3) is 5.56 Å². The van der Waals surface area contributed by atoms with E-state index in [1.165, 1.54) is 11.8 Å². The highest BCUT2D eigenvalue weighted by molar-refractivity contribution is 8.45. The summed E-state index contributed by atoms with van der Waals surface area (Å²) >= 11 is 0. The van der Waals surface area contributed by atoms with Gasteiger partial charge in [0.05, 0.1) is 37.7 Å². The van der Waals surface area contributed by atoms with E-state index in [1.807, 2.05) is 0 Å². The van der Waals surface area contributed by atoms with Crippen LogP contribution in [0.15, 0.2) is 34.2 Å². The number of alkyl halides is 3. The van der Waals surface area contributed by atoms with Crippen molar-refractivity contribution >= 4 is 27.6 Å². The lowest BCUT2D eigenvalue weighted by molar-refractivity contribution is -0.138. The van der Waals surface area contributed by atoms with Crippen molar-refractivity contribution in [1.29, 1.82) is 0 Å². The maximum Gasteiger partial charge on any atom is 0.423 e. The highest BCUT2D eigenvalue weighted by atomic mass is 32.5. The molecule has 18 heteroatoms. The average molecular weight is 595 g/mol. The predicted octanol–water partition coefficient (Wildman–Crippen LogP) is 4.79. The third-order valence-corrected chi connectivity index (χ3v) is 6.94. The number of H-pyrrole nitrogens is 1. The van der Waals surface area contributed by atoms with Crippen LogP contribution in [0.2, 0.25) is 0 Å². The number of nitrogens with zero attached hydrogens (tertiary/aromatic N) is 4. The molecule has 3 rings (SSSR count). The number of aromatic amines is 1. The molecule has 1 fully saturated rings. The second kappa shape index (κ2) is 10.1. The van der Waals surface area contributed by atoms with Crippen LogP contribution in [0, 0.1) is 0 Å². The summed E-state index contributed by atoms with van der Waals surface area (Å²) in [6.45, 7) is 3.67. The Morgan fingerprint density at radius 3 is 2.46 bits per heavy atom. The van der Waals surface area contributed by atoms with Crippen molar-refractivity contribution in [2.24, 2.45) is 0 Å². The predicted molar refractivity (Wildman–Crippen MR) is 127 cm³/mol. The number of piperazine rings is 1.